The minimum atomic E-state index is 0.616. The first kappa shape index (κ1) is 20.8. The van der Waals surface area contributed by atoms with E-state index in [9.17, 15) is 0 Å². The predicted octanol–water partition coefficient (Wildman–Crippen LogP) is 5.84. The van der Waals surface area contributed by atoms with E-state index in [-0.39, 0.29) is 0 Å². The van der Waals surface area contributed by atoms with Crippen LogP contribution in [-0.4, -0.2) is 37.4 Å². The van der Waals surface area contributed by atoms with Crippen LogP contribution in [0.1, 0.15) is 30.5 Å². The minimum Gasteiger partial charge on any atom is -0.493 e. The molecule has 32 heavy (non-hydrogen) atoms. The summed E-state index contributed by atoms with van der Waals surface area (Å²) in [6.45, 7) is 3.33. The van der Waals surface area contributed by atoms with E-state index in [1.807, 2.05) is 12.1 Å². The molecule has 2 heterocycles. The Labute approximate surface area is 188 Å². The Hall–Kier alpha value is -3.05. The Kier molecular flexibility index (Phi) is 5.99. The summed E-state index contributed by atoms with van der Waals surface area (Å²) in [6.07, 6.45) is 4.53. The molecule has 0 unspecified atom stereocenters. The summed E-state index contributed by atoms with van der Waals surface area (Å²) >= 11 is 0. The molecule has 4 aromatic rings. The number of rotatable bonds is 7. The largest absolute Gasteiger partial charge is 0.493 e. The van der Waals surface area contributed by atoms with Crippen LogP contribution in [0.2, 0.25) is 0 Å². The first-order valence-corrected chi connectivity index (χ1v) is 11.4. The fourth-order valence-electron chi connectivity index (χ4n) is 4.99. The number of methoxy groups -OCH3 is 2. The SMILES string of the molecule is COc1ccc2c(CCC3CCN(Cc4cccc5ccccc45)CC3)noc2c1OC. The van der Waals surface area contributed by atoms with E-state index in [0.717, 1.165) is 49.5 Å². The van der Waals surface area contributed by atoms with E-state index < -0.39 is 0 Å². The number of ether oxygens (including phenoxy) is 2. The summed E-state index contributed by atoms with van der Waals surface area (Å²) < 4.78 is 16.5. The van der Waals surface area contributed by atoms with Gasteiger partial charge in [0.05, 0.1) is 19.9 Å². The van der Waals surface area contributed by atoms with Gasteiger partial charge < -0.3 is 14.0 Å². The van der Waals surface area contributed by atoms with Gasteiger partial charge in [0.15, 0.2) is 5.75 Å². The van der Waals surface area contributed by atoms with Gasteiger partial charge in [-0.2, -0.15) is 0 Å². The van der Waals surface area contributed by atoms with Crippen LogP contribution in [0.25, 0.3) is 21.7 Å². The summed E-state index contributed by atoms with van der Waals surface area (Å²) in [5.41, 5.74) is 3.12. The van der Waals surface area contributed by atoms with Gasteiger partial charge in [0.1, 0.15) is 0 Å². The van der Waals surface area contributed by atoms with Gasteiger partial charge >= 0.3 is 0 Å². The Morgan fingerprint density at radius 1 is 0.938 bits per heavy atom. The molecule has 1 aliphatic rings. The van der Waals surface area contributed by atoms with Crippen molar-refractivity contribution in [2.24, 2.45) is 5.92 Å². The Bertz CT molecular complexity index is 1200. The lowest BCUT2D eigenvalue weighted by molar-refractivity contribution is 0.172. The van der Waals surface area contributed by atoms with Gasteiger partial charge in [-0.05, 0) is 73.2 Å². The predicted molar refractivity (Wildman–Crippen MR) is 127 cm³/mol. The minimum absolute atomic E-state index is 0.616. The number of nitrogens with zero attached hydrogens (tertiary/aromatic N) is 2. The third kappa shape index (κ3) is 4.05. The fourth-order valence-corrected chi connectivity index (χ4v) is 4.99. The van der Waals surface area contributed by atoms with Crippen LogP contribution >= 0.6 is 0 Å². The lowest BCUT2D eigenvalue weighted by Crippen LogP contribution is -2.33. The van der Waals surface area contributed by atoms with Crippen molar-refractivity contribution in [3.63, 3.8) is 0 Å². The van der Waals surface area contributed by atoms with Gasteiger partial charge in [-0.15, -0.1) is 0 Å². The second-order valence-electron chi connectivity index (χ2n) is 8.70. The number of likely N-dealkylation sites (tertiary alicyclic amines) is 1. The molecule has 3 aromatic carbocycles. The number of benzene rings is 3. The van der Waals surface area contributed by atoms with Crippen molar-refractivity contribution >= 4 is 21.7 Å². The van der Waals surface area contributed by atoms with Gasteiger partial charge in [0.25, 0.3) is 0 Å². The van der Waals surface area contributed by atoms with Crippen LogP contribution in [0.15, 0.2) is 59.1 Å². The second kappa shape index (κ2) is 9.21. The average molecular weight is 431 g/mol. The standard InChI is InChI=1S/C27H30N2O3/c1-30-25-13-11-23-24(28-32-26(23)27(25)31-2)12-10-19-14-16-29(17-15-19)18-21-8-5-7-20-6-3-4-9-22(20)21/h3-9,11,13,19H,10,12,14-18H2,1-2H3. The van der Waals surface area contributed by atoms with Crippen LogP contribution in [0, 0.1) is 5.92 Å². The Morgan fingerprint density at radius 2 is 1.75 bits per heavy atom. The van der Waals surface area contributed by atoms with E-state index in [1.54, 1.807) is 14.2 Å². The quantitative estimate of drug-likeness (QED) is 0.368. The van der Waals surface area contributed by atoms with Crippen molar-refractivity contribution in [1.82, 2.24) is 10.1 Å². The van der Waals surface area contributed by atoms with E-state index in [2.05, 4.69) is 52.5 Å². The number of piperidine rings is 1. The molecule has 0 N–H and O–H groups in total. The molecular formula is C27H30N2O3. The zero-order valence-electron chi connectivity index (χ0n) is 18.8. The molecule has 1 saturated heterocycles. The van der Waals surface area contributed by atoms with Crippen LogP contribution in [0.3, 0.4) is 0 Å². The number of hydrogen-bond donors (Lipinski definition) is 0. The van der Waals surface area contributed by atoms with E-state index in [1.165, 1.54) is 29.2 Å². The third-order valence-electron chi connectivity index (χ3n) is 6.83. The molecule has 1 aliphatic heterocycles. The molecule has 1 fully saturated rings. The maximum atomic E-state index is 5.61. The maximum Gasteiger partial charge on any atom is 0.212 e. The monoisotopic (exact) mass is 430 g/mol. The molecule has 0 radical (unpaired) electrons. The number of aryl methyl sites for hydroxylation is 1. The van der Waals surface area contributed by atoms with Gasteiger partial charge in [-0.25, -0.2) is 0 Å². The van der Waals surface area contributed by atoms with Crippen molar-refractivity contribution in [1.29, 1.82) is 0 Å². The normalized spacial score (nSPS) is 15.4. The van der Waals surface area contributed by atoms with Gasteiger partial charge in [0.2, 0.25) is 11.3 Å². The molecule has 5 rings (SSSR count). The lowest BCUT2D eigenvalue weighted by atomic mass is 9.90. The highest BCUT2D eigenvalue weighted by atomic mass is 16.5. The molecule has 0 bridgehead atoms. The van der Waals surface area contributed by atoms with Crippen LogP contribution < -0.4 is 9.47 Å². The highest BCUT2D eigenvalue weighted by molar-refractivity contribution is 5.87. The summed E-state index contributed by atoms with van der Waals surface area (Å²) in [5, 5.41) is 8.07. The zero-order valence-corrected chi connectivity index (χ0v) is 18.8. The molecule has 166 valence electrons. The first-order chi connectivity index (χ1) is 15.8. The summed E-state index contributed by atoms with van der Waals surface area (Å²) in [4.78, 5) is 2.60. The average Bonchev–Trinajstić information content (AvgIpc) is 3.26. The molecule has 0 amide bonds. The number of hydrogen-bond acceptors (Lipinski definition) is 5. The van der Waals surface area contributed by atoms with Crippen LogP contribution in [0.4, 0.5) is 0 Å². The van der Waals surface area contributed by atoms with Gasteiger partial charge in [0, 0.05) is 11.9 Å². The van der Waals surface area contributed by atoms with Crippen molar-refractivity contribution < 1.29 is 14.0 Å². The Balaban J connectivity index is 1.19. The second-order valence-corrected chi connectivity index (χ2v) is 8.70. The molecule has 0 spiro atoms. The Morgan fingerprint density at radius 3 is 2.56 bits per heavy atom. The summed E-state index contributed by atoms with van der Waals surface area (Å²) in [7, 11) is 3.26. The number of aromatic nitrogens is 1. The zero-order chi connectivity index (χ0) is 21.9. The van der Waals surface area contributed by atoms with Crippen molar-refractivity contribution in [3.05, 3.63) is 65.9 Å². The summed E-state index contributed by atoms with van der Waals surface area (Å²) in [5.74, 6) is 2.01. The topological polar surface area (TPSA) is 47.7 Å². The highest BCUT2D eigenvalue weighted by Crippen LogP contribution is 2.37. The van der Waals surface area contributed by atoms with E-state index >= 15 is 0 Å². The van der Waals surface area contributed by atoms with Gasteiger partial charge in [-0.1, -0.05) is 47.6 Å². The van der Waals surface area contributed by atoms with Crippen molar-refractivity contribution in [2.45, 2.75) is 32.2 Å². The maximum absolute atomic E-state index is 5.61. The first-order valence-electron chi connectivity index (χ1n) is 11.4. The van der Waals surface area contributed by atoms with E-state index in [4.69, 9.17) is 14.0 Å². The molecule has 0 atom stereocenters. The van der Waals surface area contributed by atoms with Crippen LogP contribution in [-0.2, 0) is 13.0 Å². The molecule has 5 nitrogen and oxygen atoms in total. The van der Waals surface area contributed by atoms with E-state index in [0.29, 0.717) is 17.1 Å². The van der Waals surface area contributed by atoms with Crippen molar-refractivity contribution in [3.8, 4) is 11.5 Å². The van der Waals surface area contributed by atoms with Gasteiger partial charge in [-0.3, -0.25) is 4.90 Å². The lowest BCUT2D eigenvalue weighted by Gasteiger charge is -2.32. The smallest absolute Gasteiger partial charge is 0.212 e. The van der Waals surface area contributed by atoms with Crippen LogP contribution in [0.5, 0.6) is 11.5 Å². The molecule has 5 heteroatoms. The molecule has 0 saturated carbocycles. The highest BCUT2D eigenvalue weighted by Gasteiger charge is 2.22. The molecule has 1 aromatic heterocycles. The number of fused-ring (bicyclic) bond motifs is 2. The molecule has 0 aliphatic carbocycles. The summed E-state index contributed by atoms with van der Waals surface area (Å²) in [6, 6.07) is 19.3. The molecular weight excluding hydrogens is 400 g/mol. The third-order valence-corrected chi connectivity index (χ3v) is 6.83. The fraction of sp³-hybridized carbons (Fsp3) is 0.370. The van der Waals surface area contributed by atoms with Crippen molar-refractivity contribution in [2.75, 3.05) is 27.3 Å².